The van der Waals surface area contributed by atoms with Crippen LogP contribution in [-0.4, -0.2) is 6.54 Å². The molecule has 2 nitrogen and oxygen atoms in total. The number of hydrogen-bond donors (Lipinski definition) is 1. The lowest BCUT2D eigenvalue weighted by atomic mass is 10.1. The molecule has 1 N–H and O–H groups in total. The third kappa shape index (κ3) is 3.82. The predicted octanol–water partition coefficient (Wildman–Crippen LogP) is 3.93. The van der Waals surface area contributed by atoms with Crippen molar-refractivity contribution in [2.24, 2.45) is 5.92 Å². The fourth-order valence-corrected chi connectivity index (χ4v) is 1.39. The predicted molar refractivity (Wildman–Crippen MR) is 59.7 cm³/mol. The van der Waals surface area contributed by atoms with Gasteiger partial charge in [0.15, 0.2) is 0 Å². The Morgan fingerprint density at radius 2 is 2.12 bits per heavy atom. The minimum atomic E-state index is -4.48. The van der Waals surface area contributed by atoms with Gasteiger partial charge in [0.05, 0.1) is 22.6 Å². The summed E-state index contributed by atoms with van der Waals surface area (Å²) in [7, 11) is 0. The van der Waals surface area contributed by atoms with Gasteiger partial charge in [0.2, 0.25) is 0 Å². The first-order valence-corrected chi connectivity index (χ1v) is 5.22. The average Bonchev–Trinajstić information content (AvgIpc) is 2.26. The van der Waals surface area contributed by atoms with E-state index in [9.17, 15) is 13.2 Å². The molecule has 0 aliphatic rings. The van der Waals surface area contributed by atoms with E-state index in [-0.39, 0.29) is 17.5 Å². The zero-order chi connectivity index (χ0) is 13.1. The van der Waals surface area contributed by atoms with Crippen molar-refractivity contribution < 1.29 is 13.2 Å². The number of nitrogens with zero attached hydrogens (tertiary/aromatic N) is 1. The van der Waals surface area contributed by atoms with Gasteiger partial charge < -0.3 is 5.32 Å². The lowest BCUT2D eigenvalue weighted by molar-refractivity contribution is -0.137. The second kappa shape index (κ2) is 5.28. The van der Waals surface area contributed by atoms with Crippen LogP contribution in [0.1, 0.15) is 12.5 Å². The zero-order valence-corrected chi connectivity index (χ0v) is 9.73. The third-order valence-corrected chi connectivity index (χ3v) is 2.43. The topological polar surface area (TPSA) is 35.8 Å². The highest BCUT2D eigenvalue weighted by molar-refractivity contribution is 6.31. The quantitative estimate of drug-likeness (QED) is 0.896. The molecule has 1 unspecified atom stereocenters. The van der Waals surface area contributed by atoms with Crippen LogP contribution >= 0.6 is 11.6 Å². The summed E-state index contributed by atoms with van der Waals surface area (Å²) < 4.78 is 37.6. The standard InChI is InChI=1S/C11H10ClF3N2/c1-7(5-16)6-17-8-2-3-10(12)9(4-8)11(13,14)15/h2-4,7,17H,6H2,1H3. The number of benzene rings is 1. The van der Waals surface area contributed by atoms with Crippen molar-refractivity contribution in [3.05, 3.63) is 28.8 Å². The van der Waals surface area contributed by atoms with Crippen molar-refractivity contribution in [1.29, 1.82) is 5.26 Å². The van der Waals surface area contributed by atoms with Crippen LogP contribution in [0.5, 0.6) is 0 Å². The molecule has 1 atom stereocenters. The second-order valence-electron chi connectivity index (χ2n) is 3.60. The van der Waals surface area contributed by atoms with Gasteiger partial charge in [-0.3, -0.25) is 0 Å². The summed E-state index contributed by atoms with van der Waals surface area (Å²) in [5, 5.41) is 11.0. The molecule has 0 saturated heterocycles. The number of hydrogen-bond acceptors (Lipinski definition) is 2. The molecule has 17 heavy (non-hydrogen) atoms. The first-order chi connectivity index (χ1) is 7.84. The van der Waals surface area contributed by atoms with Crippen LogP contribution in [-0.2, 0) is 6.18 Å². The fraction of sp³-hybridized carbons (Fsp3) is 0.364. The van der Waals surface area contributed by atoms with E-state index >= 15 is 0 Å². The Morgan fingerprint density at radius 1 is 1.47 bits per heavy atom. The van der Waals surface area contributed by atoms with Crippen molar-refractivity contribution in [3.63, 3.8) is 0 Å². The van der Waals surface area contributed by atoms with Crippen molar-refractivity contribution in [2.45, 2.75) is 13.1 Å². The normalized spacial score (nSPS) is 12.9. The smallest absolute Gasteiger partial charge is 0.384 e. The minimum absolute atomic E-state index is 0.278. The fourth-order valence-electron chi connectivity index (χ4n) is 1.17. The maximum atomic E-state index is 12.5. The van der Waals surface area contributed by atoms with Crippen LogP contribution in [0.4, 0.5) is 18.9 Å². The SMILES string of the molecule is CC(C#N)CNc1ccc(Cl)c(C(F)(F)F)c1. The first-order valence-electron chi connectivity index (χ1n) is 4.85. The van der Waals surface area contributed by atoms with Crippen LogP contribution in [0.3, 0.4) is 0 Å². The maximum Gasteiger partial charge on any atom is 0.417 e. The monoisotopic (exact) mass is 262 g/mol. The molecule has 0 aromatic heterocycles. The van der Waals surface area contributed by atoms with Gasteiger partial charge in [0, 0.05) is 12.2 Å². The highest BCUT2D eigenvalue weighted by Crippen LogP contribution is 2.36. The summed E-state index contributed by atoms with van der Waals surface area (Å²) in [6.45, 7) is 1.96. The Labute approximate surface area is 102 Å². The molecule has 0 aliphatic carbocycles. The molecular formula is C11H10ClF3N2. The Hall–Kier alpha value is -1.41. The summed E-state index contributed by atoms with van der Waals surface area (Å²) in [6, 6.07) is 5.55. The first kappa shape index (κ1) is 13.7. The van der Waals surface area contributed by atoms with Crippen LogP contribution in [0.15, 0.2) is 18.2 Å². The van der Waals surface area contributed by atoms with E-state index in [1.54, 1.807) is 6.92 Å². The molecule has 92 valence electrons. The van der Waals surface area contributed by atoms with Gasteiger partial charge in [-0.15, -0.1) is 0 Å². The number of rotatable bonds is 3. The van der Waals surface area contributed by atoms with Gasteiger partial charge >= 0.3 is 6.18 Å². The Balaban J connectivity index is 2.87. The van der Waals surface area contributed by atoms with E-state index in [1.165, 1.54) is 12.1 Å². The Kier molecular flexibility index (Phi) is 4.24. The van der Waals surface area contributed by atoms with Crippen molar-refractivity contribution in [2.75, 3.05) is 11.9 Å². The van der Waals surface area contributed by atoms with E-state index < -0.39 is 11.7 Å². The van der Waals surface area contributed by atoms with Crippen LogP contribution < -0.4 is 5.32 Å². The number of alkyl halides is 3. The van der Waals surface area contributed by atoms with Crippen LogP contribution in [0, 0.1) is 17.2 Å². The summed E-state index contributed by atoms with van der Waals surface area (Å²) in [4.78, 5) is 0. The number of anilines is 1. The van der Waals surface area contributed by atoms with Crippen molar-refractivity contribution in [1.82, 2.24) is 0 Å². The minimum Gasteiger partial charge on any atom is -0.384 e. The van der Waals surface area contributed by atoms with Crippen LogP contribution in [0.25, 0.3) is 0 Å². The number of nitriles is 1. The van der Waals surface area contributed by atoms with Gasteiger partial charge in [-0.05, 0) is 25.1 Å². The highest BCUT2D eigenvalue weighted by atomic mass is 35.5. The van der Waals surface area contributed by atoms with E-state index in [1.807, 2.05) is 6.07 Å². The molecular weight excluding hydrogens is 253 g/mol. The Bertz CT molecular complexity index is 437. The molecule has 0 heterocycles. The summed E-state index contributed by atoms with van der Waals surface area (Å²) in [5.41, 5.74) is -0.586. The maximum absolute atomic E-state index is 12.5. The molecule has 1 aromatic carbocycles. The molecule has 0 bridgehead atoms. The molecule has 0 aliphatic heterocycles. The molecule has 0 saturated carbocycles. The van der Waals surface area contributed by atoms with Crippen molar-refractivity contribution in [3.8, 4) is 6.07 Å². The zero-order valence-electron chi connectivity index (χ0n) is 8.98. The Morgan fingerprint density at radius 3 is 2.65 bits per heavy atom. The molecule has 0 fully saturated rings. The lowest BCUT2D eigenvalue weighted by Crippen LogP contribution is -2.11. The molecule has 0 spiro atoms. The van der Waals surface area contributed by atoms with Gasteiger partial charge in [0.1, 0.15) is 0 Å². The summed E-state index contributed by atoms with van der Waals surface area (Å²) >= 11 is 5.47. The van der Waals surface area contributed by atoms with Crippen LogP contribution in [0.2, 0.25) is 5.02 Å². The highest BCUT2D eigenvalue weighted by Gasteiger charge is 2.33. The van der Waals surface area contributed by atoms with Gasteiger partial charge in [-0.2, -0.15) is 18.4 Å². The number of halogens is 4. The van der Waals surface area contributed by atoms with Gasteiger partial charge in [-0.1, -0.05) is 11.6 Å². The molecule has 0 radical (unpaired) electrons. The van der Waals surface area contributed by atoms with E-state index in [0.717, 1.165) is 6.07 Å². The van der Waals surface area contributed by atoms with Gasteiger partial charge in [-0.25, -0.2) is 0 Å². The summed E-state index contributed by atoms with van der Waals surface area (Å²) in [6.07, 6.45) is -4.48. The van der Waals surface area contributed by atoms with E-state index in [4.69, 9.17) is 16.9 Å². The third-order valence-electron chi connectivity index (χ3n) is 2.10. The molecule has 6 heteroatoms. The molecule has 1 aromatic rings. The van der Waals surface area contributed by atoms with Gasteiger partial charge in [0.25, 0.3) is 0 Å². The van der Waals surface area contributed by atoms with E-state index in [2.05, 4.69) is 5.32 Å². The van der Waals surface area contributed by atoms with Crippen molar-refractivity contribution >= 4 is 17.3 Å². The largest absolute Gasteiger partial charge is 0.417 e. The summed E-state index contributed by atoms with van der Waals surface area (Å²) in [5.74, 6) is -0.278. The average molecular weight is 263 g/mol. The molecule has 1 rings (SSSR count). The number of nitrogens with one attached hydrogen (secondary N) is 1. The molecule has 0 amide bonds. The second-order valence-corrected chi connectivity index (χ2v) is 4.01. The lowest BCUT2D eigenvalue weighted by Gasteiger charge is -2.12. The van der Waals surface area contributed by atoms with E-state index in [0.29, 0.717) is 5.69 Å².